The summed E-state index contributed by atoms with van der Waals surface area (Å²) in [7, 11) is 0. The molecule has 0 aliphatic heterocycles. The fraction of sp³-hybridized carbons (Fsp3) is 0.429. The number of aliphatic carboxylic acids is 1. The first-order chi connectivity index (χ1) is 10.4. The Labute approximate surface area is 143 Å². The first-order valence-electron chi connectivity index (χ1n) is 6.70. The van der Waals surface area contributed by atoms with E-state index in [2.05, 4.69) is 5.32 Å². The monoisotopic (exact) mass is 368 g/mol. The van der Waals surface area contributed by atoms with E-state index in [1.165, 1.54) is 17.0 Å². The Hall–Kier alpha value is -1.38. The second-order valence-corrected chi connectivity index (χ2v) is 5.56. The second-order valence-electron chi connectivity index (χ2n) is 4.53. The number of carbonyl (C=O) groups is 2. The first-order valence-corrected chi connectivity index (χ1v) is 7.58. The number of hydrogen-bond acceptors (Lipinski definition) is 4. The number of carboxylic acid groups (broad SMARTS) is 1. The number of halogens is 3. The molecule has 5 nitrogen and oxygen atoms in total. The smallest absolute Gasteiger partial charge is 0.317 e. The van der Waals surface area contributed by atoms with E-state index in [1.807, 2.05) is 6.92 Å². The predicted molar refractivity (Wildman–Crippen MR) is 88.5 cm³/mol. The summed E-state index contributed by atoms with van der Waals surface area (Å²) in [5.74, 6) is -4.03. The number of rotatable bonds is 9. The van der Waals surface area contributed by atoms with Crippen LogP contribution in [-0.2, 0) is 9.59 Å². The molecular weight excluding hydrogens is 350 g/mol. The van der Waals surface area contributed by atoms with Crippen LogP contribution >= 0.6 is 24.2 Å². The van der Waals surface area contributed by atoms with Crippen LogP contribution in [0.4, 0.5) is 14.5 Å². The molecule has 0 aromatic heterocycles. The standard InChI is InChI=1S/C14H18F2N2O3S.ClH/c1-2-7-18(9-13(20)21)8-12(19)17-10-5-3-4-6-11(10)22-14(15)16;/h3-6,14H,2,7-9H2,1H3,(H,17,19)(H,20,21);1H. The topological polar surface area (TPSA) is 69.6 Å². The van der Waals surface area contributed by atoms with Crippen LogP contribution < -0.4 is 5.32 Å². The highest BCUT2D eigenvalue weighted by molar-refractivity contribution is 7.99. The van der Waals surface area contributed by atoms with E-state index in [4.69, 9.17) is 5.11 Å². The SMILES string of the molecule is CCCN(CC(=O)O)CC(=O)Nc1ccccc1SC(F)F.Cl. The summed E-state index contributed by atoms with van der Waals surface area (Å²) in [6, 6.07) is 6.26. The lowest BCUT2D eigenvalue weighted by molar-refractivity contribution is -0.138. The fourth-order valence-electron chi connectivity index (χ4n) is 1.88. The van der Waals surface area contributed by atoms with Gasteiger partial charge in [0.25, 0.3) is 5.76 Å². The lowest BCUT2D eigenvalue weighted by Crippen LogP contribution is -2.37. The Balaban J connectivity index is 0.00000484. The zero-order valence-corrected chi connectivity index (χ0v) is 14.1. The van der Waals surface area contributed by atoms with Crippen molar-refractivity contribution < 1.29 is 23.5 Å². The van der Waals surface area contributed by atoms with Crippen molar-refractivity contribution in [2.75, 3.05) is 25.0 Å². The molecule has 0 unspecified atom stereocenters. The maximum absolute atomic E-state index is 12.5. The summed E-state index contributed by atoms with van der Waals surface area (Å²) in [5.41, 5.74) is 0.296. The molecule has 0 heterocycles. The van der Waals surface area contributed by atoms with Gasteiger partial charge in [-0.2, -0.15) is 8.78 Å². The highest BCUT2D eigenvalue weighted by Crippen LogP contribution is 2.31. The van der Waals surface area contributed by atoms with Crippen molar-refractivity contribution >= 4 is 41.7 Å². The van der Waals surface area contributed by atoms with Gasteiger partial charge in [-0.1, -0.05) is 30.8 Å². The molecule has 0 radical (unpaired) electrons. The number of anilines is 1. The number of para-hydroxylation sites is 1. The van der Waals surface area contributed by atoms with Crippen molar-refractivity contribution in [1.82, 2.24) is 4.90 Å². The number of alkyl halides is 2. The number of amides is 1. The Bertz CT molecular complexity index is 521. The van der Waals surface area contributed by atoms with Crippen molar-refractivity contribution in [3.8, 4) is 0 Å². The van der Waals surface area contributed by atoms with Gasteiger partial charge in [-0.05, 0) is 25.1 Å². The van der Waals surface area contributed by atoms with Gasteiger partial charge in [0.1, 0.15) is 0 Å². The van der Waals surface area contributed by atoms with E-state index in [0.29, 0.717) is 30.4 Å². The summed E-state index contributed by atoms with van der Waals surface area (Å²) in [5, 5.41) is 11.3. The molecule has 1 amide bonds. The maximum Gasteiger partial charge on any atom is 0.317 e. The van der Waals surface area contributed by atoms with Gasteiger partial charge in [-0.15, -0.1) is 12.4 Å². The Morgan fingerprint density at radius 3 is 2.52 bits per heavy atom. The lowest BCUT2D eigenvalue weighted by Gasteiger charge is -2.19. The van der Waals surface area contributed by atoms with E-state index >= 15 is 0 Å². The Kier molecular flexibility index (Phi) is 10.5. The van der Waals surface area contributed by atoms with Crippen molar-refractivity contribution in [2.45, 2.75) is 24.0 Å². The minimum atomic E-state index is -2.58. The van der Waals surface area contributed by atoms with E-state index < -0.39 is 17.6 Å². The van der Waals surface area contributed by atoms with Crippen molar-refractivity contribution in [3.05, 3.63) is 24.3 Å². The van der Waals surface area contributed by atoms with Crippen LogP contribution in [0.15, 0.2) is 29.2 Å². The zero-order valence-electron chi connectivity index (χ0n) is 12.5. The summed E-state index contributed by atoms with van der Waals surface area (Å²) >= 11 is 0.351. The predicted octanol–water partition coefficient (Wildman–Crippen LogP) is 3.16. The molecule has 0 fully saturated rings. The summed E-state index contributed by atoms with van der Waals surface area (Å²) in [6.07, 6.45) is 0.707. The van der Waals surface area contributed by atoms with Gasteiger partial charge < -0.3 is 10.4 Å². The largest absolute Gasteiger partial charge is 0.480 e. The molecule has 130 valence electrons. The van der Waals surface area contributed by atoms with Gasteiger partial charge in [-0.3, -0.25) is 14.5 Å². The third-order valence-electron chi connectivity index (χ3n) is 2.64. The third-order valence-corrected chi connectivity index (χ3v) is 3.43. The number of thioether (sulfide) groups is 1. The minimum absolute atomic E-state index is 0. The number of nitrogens with one attached hydrogen (secondary N) is 1. The van der Waals surface area contributed by atoms with Crippen molar-refractivity contribution in [3.63, 3.8) is 0 Å². The third kappa shape index (κ3) is 8.73. The van der Waals surface area contributed by atoms with E-state index in [1.54, 1.807) is 12.1 Å². The molecule has 0 aliphatic rings. The van der Waals surface area contributed by atoms with Gasteiger partial charge in [0.15, 0.2) is 0 Å². The van der Waals surface area contributed by atoms with Gasteiger partial charge in [0, 0.05) is 4.90 Å². The van der Waals surface area contributed by atoms with Crippen LogP contribution in [0.3, 0.4) is 0 Å². The zero-order chi connectivity index (χ0) is 16.5. The number of benzene rings is 1. The summed E-state index contributed by atoms with van der Waals surface area (Å²) in [4.78, 5) is 24.5. The van der Waals surface area contributed by atoms with E-state index in [9.17, 15) is 18.4 Å². The molecule has 1 aromatic carbocycles. The van der Waals surface area contributed by atoms with Gasteiger partial charge in [0.05, 0.1) is 18.8 Å². The number of hydrogen-bond donors (Lipinski definition) is 2. The molecule has 1 rings (SSSR count). The quantitative estimate of drug-likeness (QED) is 0.655. The Morgan fingerprint density at radius 2 is 1.96 bits per heavy atom. The molecule has 0 saturated heterocycles. The molecule has 9 heteroatoms. The number of nitrogens with zero attached hydrogens (tertiary/aromatic N) is 1. The van der Waals surface area contributed by atoms with Crippen LogP contribution in [-0.4, -0.2) is 47.3 Å². The number of carboxylic acids is 1. The van der Waals surface area contributed by atoms with Crippen molar-refractivity contribution in [1.29, 1.82) is 0 Å². The van der Waals surface area contributed by atoms with Crippen molar-refractivity contribution in [2.24, 2.45) is 0 Å². The second kappa shape index (κ2) is 11.2. The summed E-state index contributed by atoms with van der Waals surface area (Å²) in [6.45, 7) is 2.00. The molecule has 0 saturated carbocycles. The van der Waals surface area contributed by atoms with Gasteiger partial charge in [-0.25, -0.2) is 0 Å². The van der Waals surface area contributed by atoms with Gasteiger partial charge >= 0.3 is 5.97 Å². The average Bonchev–Trinajstić information content (AvgIpc) is 2.39. The molecule has 0 spiro atoms. The lowest BCUT2D eigenvalue weighted by atomic mass is 10.3. The molecule has 0 atom stereocenters. The van der Waals surface area contributed by atoms with Crippen LogP contribution in [0.25, 0.3) is 0 Å². The van der Waals surface area contributed by atoms with Crippen LogP contribution in [0.2, 0.25) is 0 Å². The fourth-order valence-corrected chi connectivity index (χ4v) is 2.48. The molecule has 2 N–H and O–H groups in total. The maximum atomic E-state index is 12.5. The van der Waals surface area contributed by atoms with Crippen LogP contribution in [0.5, 0.6) is 0 Å². The first kappa shape index (κ1) is 21.6. The molecule has 0 bridgehead atoms. The molecule has 23 heavy (non-hydrogen) atoms. The minimum Gasteiger partial charge on any atom is -0.480 e. The average molecular weight is 369 g/mol. The van der Waals surface area contributed by atoms with Crippen LogP contribution in [0, 0.1) is 0 Å². The molecule has 1 aromatic rings. The van der Waals surface area contributed by atoms with Crippen LogP contribution in [0.1, 0.15) is 13.3 Å². The normalized spacial score (nSPS) is 10.5. The highest BCUT2D eigenvalue weighted by Gasteiger charge is 2.15. The Morgan fingerprint density at radius 1 is 1.30 bits per heavy atom. The van der Waals surface area contributed by atoms with E-state index in [0.717, 1.165) is 0 Å². The van der Waals surface area contributed by atoms with E-state index in [-0.39, 0.29) is 30.4 Å². The molecule has 0 aliphatic carbocycles. The molecular formula is C14H19ClF2N2O3S. The summed E-state index contributed by atoms with van der Waals surface area (Å²) < 4.78 is 24.9. The van der Waals surface area contributed by atoms with Gasteiger partial charge in [0.2, 0.25) is 5.91 Å². The highest BCUT2D eigenvalue weighted by atomic mass is 35.5. The number of carbonyl (C=O) groups excluding carboxylic acids is 1.